The molecule has 0 unspecified atom stereocenters. The fraction of sp³-hybridized carbons (Fsp3) is 0. The summed E-state index contributed by atoms with van der Waals surface area (Å²) in [5.74, 6) is -2.80. The molecule has 0 aliphatic carbocycles. The predicted molar refractivity (Wildman–Crippen MR) is 68.6 cm³/mol. The first-order chi connectivity index (χ1) is 9.32. The fourth-order valence-electron chi connectivity index (χ4n) is 1.51. The zero-order valence-corrected chi connectivity index (χ0v) is 11.0. The Hall–Kier alpha value is -2.49. The number of nitrogens with one attached hydrogen (secondary N) is 1. The number of hydrogen-bond donors (Lipinski definition) is 2. The number of aromatic amines is 1. The highest BCUT2D eigenvalue weighted by Crippen LogP contribution is 2.27. The molecule has 0 radical (unpaired) electrons. The second kappa shape index (κ2) is 4.89. The van der Waals surface area contributed by atoms with Crippen molar-refractivity contribution in [3.63, 3.8) is 0 Å². The Morgan fingerprint density at radius 3 is 2.65 bits per heavy atom. The van der Waals surface area contributed by atoms with Crippen LogP contribution >= 0.6 is 15.9 Å². The van der Waals surface area contributed by atoms with Gasteiger partial charge in [0.15, 0.2) is 0 Å². The maximum Gasteiger partial charge on any atom is 0.335 e. The molecule has 0 amide bonds. The monoisotopic (exact) mass is 345 g/mol. The SMILES string of the molecule is O=c1[nH]c(=O)n(-c2cc([N+](=O)[O-])ccc2Br)c(O)c1F. The fourth-order valence-corrected chi connectivity index (χ4v) is 1.94. The van der Waals surface area contributed by atoms with E-state index in [-0.39, 0.29) is 15.8 Å². The smallest absolute Gasteiger partial charge is 0.335 e. The van der Waals surface area contributed by atoms with Crippen molar-refractivity contribution in [1.29, 1.82) is 0 Å². The number of aromatic hydroxyl groups is 1. The van der Waals surface area contributed by atoms with Gasteiger partial charge in [0.2, 0.25) is 11.7 Å². The second-order valence-corrected chi connectivity index (χ2v) is 4.48. The van der Waals surface area contributed by atoms with Gasteiger partial charge in [0.1, 0.15) is 0 Å². The number of nitro groups is 1. The molecule has 2 aromatic rings. The number of nitrogens with zero attached hydrogens (tertiary/aromatic N) is 2. The summed E-state index contributed by atoms with van der Waals surface area (Å²) >= 11 is 3.02. The summed E-state index contributed by atoms with van der Waals surface area (Å²) in [6, 6.07) is 3.35. The lowest BCUT2D eigenvalue weighted by atomic mass is 10.2. The van der Waals surface area contributed by atoms with Crippen molar-refractivity contribution < 1.29 is 14.4 Å². The van der Waals surface area contributed by atoms with E-state index in [9.17, 15) is 29.2 Å². The van der Waals surface area contributed by atoms with E-state index in [0.29, 0.717) is 4.57 Å². The van der Waals surface area contributed by atoms with Crippen LogP contribution in [0.15, 0.2) is 32.3 Å². The molecule has 1 heterocycles. The van der Waals surface area contributed by atoms with Gasteiger partial charge < -0.3 is 5.11 Å². The average molecular weight is 346 g/mol. The summed E-state index contributed by atoms with van der Waals surface area (Å²) in [4.78, 5) is 34.2. The minimum Gasteiger partial charge on any atom is -0.492 e. The molecule has 20 heavy (non-hydrogen) atoms. The first-order valence-electron chi connectivity index (χ1n) is 5.01. The van der Waals surface area contributed by atoms with E-state index >= 15 is 0 Å². The van der Waals surface area contributed by atoms with Crippen LogP contribution in [-0.2, 0) is 0 Å². The third-order valence-corrected chi connectivity index (χ3v) is 3.08. The lowest BCUT2D eigenvalue weighted by Gasteiger charge is -2.09. The van der Waals surface area contributed by atoms with E-state index < -0.39 is 27.9 Å². The van der Waals surface area contributed by atoms with Crippen LogP contribution in [0.2, 0.25) is 0 Å². The number of H-pyrrole nitrogens is 1. The predicted octanol–water partition coefficient (Wildman–Crippen LogP) is 1.04. The summed E-state index contributed by atoms with van der Waals surface area (Å²) in [7, 11) is 0. The van der Waals surface area contributed by atoms with Crippen LogP contribution in [0.5, 0.6) is 5.88 Å². The lowest BCUT2D eigenvalue weighted by molar-refractivity contribution is -0.384. The molecule has 0 saturated heterocycles. The van der Waals surface area contributed by atoms with Crippen LogP contribution < -0.4 is 11.2 Å². The first kappa shape index (κ1) is 13.9. The van der Waals surface area contributed by atoms with E-state index in [2.05, 4.69) is 15.9 Å². The number of halogens is 2. The van der Waals surface area contributed by atoms with E-state index in [1.54, 1.807) is 4.98 Å². The highest BCUT2D eigenvalue weighted by molar-refractivity contribution is 9.10. The Morgan fingerprint density at radius 1 is 1.40 bits per heavy atom. The van der Waals surface area contributed by atoms with Gasteiger partial charge in [-0.05, 0) is 22.0 Å². The Morgan fingerprint density at radius 2 is 2.05 bits per heavy atom. The molecule has 2 rings (SSSR count). The van der Waals surface area contributed by atoms with Crippen LogP contribution in [0.4, 0.5) is 10.1 Å². The molecular weight excluding hydrogens is 341 g/mol. The Bertz CT molecular complexity index is 829. The van der Waals surface area contributed by atoms with Crippen molar-refractivity contribution in [2.24, 2.45) is 0 Å². The van der Waals surface area contributed by atoms with Gasteiger partial charge in [0, 0.05) is 16.6 Å². The van der Waals surface area contributed by atoms with Gasteiger partial charge in [-0.2, -0.15) is 4.39 Å². The molecule has 104 valence electrons. The van der Waals surface area contributed by atoms with E-state index in [4.69, 9.17) is 0 Å². The van der Waals surface area contributed by atoms with E-state index in [0.717, 1.165) is 12.1 Å². The normalized spacial score (nSPS) is 10.5. The summed E-state index contributed by atoms with van der Waals surface area (Å²) in [6.07, 6.45) is 0. The number of hydrogen-bond acceptors (Lipinski definition) is 5. The van der Waals surface area contributed by atoms with Gasteiger partial charge in [0.05, 0.1) is 10.6 Å². The van der Waals surface area contributed by atoms with Crippen LogP contribution in [0, 0.1) is 15.9 Å². The summed E-state index contributed by atoms with van der Waals surface area (Å²) in [5.41, 5.74) is -3.07. The standard InChI is InChI=1S/C10H5BrFN3O5/c11-5-2-1-4(15(19)20)3-6(5)14-9(17)7(12)8(16)13-10(14)18/h1-3,17H,(H,13,16,18). The molecule has 0 aliphatic heterocycles. The molecule has 0 spiro atoms. The Kier molecular flexibility index (Phi) is 3.40. The number of non-ortho nitro benzene ring substituents is 1. The van der Waals surface area contributed by atoms with Crippen molar-refractivity contribution in [3.05, 3.63) is 59.4 Å². The maximum absolute atomic E-state index is 13.3. The lowest BCUT2D eigenvalue weighted by Crippen LogP contribution is -2.31. The minimum absolute atomic E-state index is 0.183. The second-order valence-electron chi connectivity index (χ2n) is 3.63. The number of aromatic nitrogens is 2. The summed E-state index contributed by atoms with van der Waals surface area (Å²) in [6.45, 7) is 0. The zero-order valence-electron chi connectivity index (χ0n) is 9.46. The first-order valence-corrected chi connectivity index (χ1v) is 5.80. The topological polar surface area (TPSA) is 118 Å². The number of benzene rings is 1. The largest absolute Gasteiger partial charge is 0.492 e. The molecule has 8 nitrogen and oxygen atoms in total. The van der Waals surface area contributed by atoms with Crippen LogP contribution in [0.25, 0.3) is 5.69 Å². The van der Waals surface area contributed by atoms with Crippen molar-refractivity contribution >= 4 is 21.6 Å². The molecule has 0 aliphatic rings. The highest BCUT2D eigenvalue weighted by Gasteiger charge is 2.19. The van der Waals surface area contributed by atoms with Gasteiger partial charge in [-0.1, -0.05) is 0 Å². The quantitative estimate of drug-likeness (QED) is 0.622. The molecule has 1 aromatic carbocycles. The summed E-state index contributed by atoms with van der Waals surface area (Å²) in [5, 5.41) is 20.2. The third kappa shape index (κ3) is 2.20. The van der Waals surface area contributed by atoms with Gasteiger partial charge in [0.25, 0.3) is 11.2 Å². The molecule has 1 aromatic heterocycles. The Labute approximate surface area is 117 Å². The number of rotatable bonds is 2. The summed E-state index contributed by atoms with van der Waals surface area (Å²) < 4.78 is 13.9. The van der Waals surface area contributed by atoms with Crippen molar-refractivity contribution in [2.45, 2.75) is 0 Å². The Balaban J connectivity index is 2.85. The van der Waals surface area contributed by atoms with Crippen LogP contribution in [0.1, 0.15) is 0 Å². The van der Waals surface area contributed by atoms with E-state index in [1.807, 2.05) is 0 Å². The average Bonchev–Trinajstić information content (AvgIpc) is 2.38. The molecule has 0 saturated carbocycles. The van der Waals surface area contributed by atoms with Crippen LogP contribution in [0.3, 0.4) is 0 Å². The molecule has 0 atom stereocenters. The van der Waals surface area contributed by atoms with Gasteiger partial charge in [-0.15, -0.1) is 0 Å². The highest BCUT2D eigenvalue weighted by atomic mass is 79.9. The number of nitro benzene ring substituents is 1. The molecule has 2 N–H and O–H groups in total. The van der Waals surface area contributed by atoms with Gasteiger partial charge in [-0.3, -0.25) is 19.9 Å². The molecule has 0 fully saturated rings. The van der Waals surface area contributed by atoms with Crippen molar-refractivity contribution in [1.82, 2.24) is 9.55 Å². The van der Waals surface area contributed by atoms with Crippen LogP contribution in [-0.4, -0.2) is 19.6 Å². The zero-order chi connectivity index (χ0) is 15.0. The minimum atomic E-state index is -1.57. The maximum atomic E-state index is 13.3. The molecular formula is C10H5BrFN3O5. The molecule has 10 heteroatoms. The third-order valence-electron chi connectivity index (χ3n) is 2.41. The van der Waals surface area contributed by atoms with Gasteiger partial charge >= 0.3 is 5.69 Å². The van der Waals surface area contributed by atoms with Crippen molar-refractivity contribution in [3.8, 4) is 11.6 Å². The van der Waals surface area contributed by atoms with Gasteiger partial charge in [-0.25, -0.2) is 9.36 Å². The molecule has 0 bridgehead atoms. The van der Waals surface area contributed by atoms with Crippen molar-refractivity contribution in [2.75, 3.05) is 0 Å². The van der Waals surface area contributed by atoms with E-state index in [1.165, 1.54) is 6.07 Å².